The molecule has 0 radical (unpaired) electrons. The second kappa shape index (κ2) is 6.23. The molecule has 0 spiro atoms. The molecule has 88 valence electrons. The first-order valence-corrected chi connectivity index (χ1v) is 5.95. The van der Waals surface area contributed by atoms with Crippen molar-refractivity contribution in [1.29, 1.82) is 0 Å². The molecule has 0 bridgehead atoms. The Morgan fingerprint density at radius 1 is 1.47 bits per heavy atom. The monoisotopic (exact) mass is 213 g/mol. The van der Waals surface area contributed by atoms with Crippen molar-refractivity contribution in [3.63, 3.8) is 0 Å². The van der Waals surface area contributed by atoms with E-state index in [1.807, 2.05) is 6.92 Å². The number of carbonyl (C=O) groups excluding carboxylic acids is 1. The molecule has 2 N–H and O–H groups in total. The van der Waals surface area contributed by atoms with Gasteiger partial charge in [0.15, 0.2) is 0 Å². The number of rotatable bonds is 5. The molecule has 0 saturated heterocycles. The van der Waals surface area contributed by atoms with Crippen LogP contribution in [0, 0.1) is 11.8 Å². The summed E-state index contributed by atoms with van der Waals surface area (Å²) in [4.78, 5) is 12.1. The Bertz CT molecular complexity index is 206. The smallest absolute Gasteiger partial charge is 0.140 e. The predicted molar refractivity (Wildman–Crippen MR) is 60.6 cm³/mol. The standard InChI is InChI=1S/C12H23NO2/c1-9(7-8-15-2)12(14)10-5-3-4-6-11(10)13/h9-11H,3-8,13H2,1-2H3. The molecule has 3 atom stereocenters. The highest BCUT2D eigenvalue weighted by Gasteiger charge is 2.30. The van der Waals surface area contributed by atoms with Gasteiger partial charge in [-0.15, -0.1) is 0 Å². The van der Waals surface area contributed by atoms with Crippen LogP contribution < -0.4 is 5.73 Å². The van der Waals surface area contributed by atoms with E-state index in [4.69, 9.17) is 10.5 Å². The first-order chi connectivity index (χ1) is 7.16. The second-order valence-corrected chi connectivity index (χ2v) is 4.64. The van der Waals surface area contributed by atoms with E-state index in [1.165, 1.54) is 6.42 Å². The molecule has 3 heteroatoms. The molecule has 1 aliphatic rings. The molecule has 1 fully saturated rings. The third-order valence-electron chi connectivity index (χ3n) is 3.43. The number of hydrogen-bond donors (Lipinski definition) is 1. The molecular formula is C12H23NO2. The lowest BCUT2D eigenvalue weighted by atomic mass is 9.78. The topological polar surface area (TPSA) is 52.3 Å². The summed E-state index contributed by atoms with van der Waals surface area (Å²) in [5, 5.41) is 0. The maximum Gasteiger partial charge on any atom is 0.140 e. The van der Waals surface area contributed by atoms with Crippen molar-refractivity contribution in [2.75, 3.05) is 13.7 Å². The highest BCUT2D eigenvalue weighted by molar-refractivity contribution is 5.83. The van der Waals surface area contributed by atoms with Crippen LogP contribution >= 0.6 is 0 Å². The predicted octanol–water partition coefficient (Wildman–Crippen LogP) is 1.75. The molecule has 0 aromatic rings. The summed E-state index contributed by atoms with van der Waals surface area (Å²) >= 11 is 0. The van der Waals surface area contributed by atoms with Crippen LogP contribution in [-0.2, 0) is 9.53 Å². The Hall–Kier alpha value is -0.410. The van der Waals surface area contributed by atoms with Crippen molar-refractivity contribution < 1.29 is 9.53 Å². The second-order valence-electron chi connectivity index (χ2n) is 4.64. The molecule has 15 heavy (non-hydrogen) atoms. The van der Waals surface area contributed by atoms with Crippen LogP contribution in [0.5, 0.6) is 0 Å². The van der Waals surface area contributed by atoms with Crippen molar-refractivity contribution in [2.45, 2.75) is 45.1 Å². The average molecular weight is 213 g/mol. The number of nitrogens with two attached hydrogens (primary N) is 1. The molecule has 1 saturated carbocycles. The number of ether oxygens (including phenoxy) is 1. The minimum atomic E-state index is 0.0937. The first kappa shape index (κ1) is 12.7. The van der Waals surface area contributed by atoms with Crippen LogP contribution in [0.25, 0.3) is 0 Å². The van der Waals surface area contributed by atoms with Gasteiger partial charge in [-0.25, -0.2) is 0 Å². The zero-order valence-electron chi connectivity index (χ0n) is 9.87. The van der Waals surface area contributed by atoms with Crippen molar-refractivity contribution in [3.05, 3.63) is 0 Å². The van der Waals surface area contributed by atoms with E-state index in [9.17, 15) is 4.79 Å². The first-order valence-electron chi connectivity index (χ1n) is 5.95. The lowest BCUT2D eigenvalue weighted by Gasteiger charge is -2.29. The molecule has 0 aromatic carbocycles. The number of Topliss-reactive ketones (excluding diaryl/α,β-unsaturated/α-hetero) is 1. The van der Waals surface area contributed by atoms with Gasteiger partial charge in [-0.3, -0.25) is 4.79 Å². The Balaban J connectivity index is 2.43. The summed E-state index contributed by atoms with van der Waals surface area (Å²) in [7, 11) is 1.67. The van der Waals surface area contributed by atoms with E-state index in [0.29, 0.717) is 12.4 Å². The fraction of sp³-hybridized carbons (Fsp3) is 0.917. The van der Waals surface area contributed by atoms with E-state index in [-0.39, 0.29) is 17.9 Å². The highest BCUT2D eigenvalue weighted by Crippen LogP contribution is 2.26. The third-order valence-corrected chi connectivity index (χ3v) is 3.43. The van der Waals surface area contributed by atoms with Gasteiger partial charge in [-0.1, -0.05) is 19.8 Å². The van der Waals surface area contributed by atoms with Gasteiger partial charge in [0.05, 0.1) is 0 Å². The van der Waals surface area contributed by atoms with E-state index in [0.717, 1.165) is 25.7 Å². The summed E-state index contributed by atoms with van der Waals surface area (Å²) in [6.07, 6.45) is 5.14. The third kappa shape index (κ3) is 3.58. The Kier molecular flexibility index (Phi) is 5.26. The summed E-state index contributed by atoms with van der Waals surface area (Å²) in [6, 6.07) is 0.0937. The van der Waals surface area contributed by atoms with Gasteiger partial charge >= 0.3 is 0 Å². The van der Waals surface area contributed by atoms with E-state index < -0.39 is 0 Å². The molecule has 0 aliphatic heterocycles. The minimum Gasteiger partial charge on any atom is -0.385 e. The summed E-state index contributed by atoms with van der Waals surface area (Å²) in [5.74, 6) is 0.545. The quantitative estimate of drug-likeness (QED) is 0.757. The number of methoxy groups -OCH3 is 1. The Labute approximate surface area is 92.4 Å². The van der Waals surface area contributed by atoms with Crippen LogP contribution in [0.15, 0.2) is 0 Å². The molecule has 1 aliphatic carbocycles. The Morgan fingerprint density at radius 2 is 2.13 bits per heavy atom. The van der Waals surface area contributed by atoms with Gasteiger partial charge in [0, 0.05) is 31.6 Å². The average Bonchev–Trinajstić information content (AvgIpc) is 2.25. The van der Waals surface area contributed by atoms with E-state index >= 15 is 0 Å². The van der Waals surface area contributed by atoms with Crippen LogP contribution in [0.4, 0.5) is 0 Å². The lowest BCUT2D eigenvalue weighted by Crippen LogP contribution is -2.40. The summed E-state index contributed by atoms with van der Waals surface area (Å²) in [5.41, 5.74) is 5.99. The summed E-state index contributed by atoms with van der Waals surface area (Å²) < 4.78 is 4.99. The Morgan fingerprint density at radius 3 is 2.73 bits per heavy atom. The van der Waals surface area contributed by atoms with Gasteiger partial charge in [-0.05, 0) is 19.3 Å². The number of ketones is 1. The van der Waals surface area contributed by atoms with E-state index in [1.54, 1.807) is 7.11 Å². The minimum absolute atomic E-state index is 0.0937. The van der Waals surface area contributed by atoms with Crippen molar-refractivity contribution in [2.24, 2.45) is 17.6 Å². The van der Waals surface area contributed by atoms with Crippen LogP contribution in [0.1, 0.15) is 39.0 Å². The van der Waals surface area contributed by atoms with Gasteiger partial charge in [0.1, 0.15) is 5.78 Å². The molecule has 3 nitrogen and oxygen atoms in total. The maximum absolute atomic E-state index is 12.1. The highest BCUT2D eigenvalue weighted by atomic mass is 16.5. The fourth-order valence-electron chi connectivity index (χ4n) is 2.32. The van der Waals surface area contributed by atoms with Gasteiger partial charge < -0.3 is 10.5 Å². The largest absolute Gasteiger partial charge is 0.385 e. The molecule has 0 amide bonds. The van der Waals surface area contributed by atoms with Gasteiger partial charge in [0.25, 0.3) is 0 Å². The van der Waals surface area contributed by atoms with Crippen LogP contribution in [0.3, 0.4) is 0 Å². The number of hydrogen-bond acceptors (Lipinski definition) is 3. The molecular weight excluding hydrogens is 190 g/mol. The zero-order chi connectivity index (χ0) is 11.3. The van der Waals surface area contributed by atoms with Crippen LogP contribution in [0.2, 0.25) is 0 Å². The molecule has 3 unspecified atom stereocenters. The van der Waals surface area contributed by atoms with Gasteiger partial charge in [0.2, 0.25) is 0 Å². The van der Waals surface area contributed by atoms with E-state index in [2.05, 4.69) is 0 Å². The number of carbonyl (C=O) groups is 1. The molecule has 1 rings (SSSR count). The normalized spacial score (nSPS) is 28.7. The molecule has 0 heterocycles. The van der Waals surface area contributed by atoms with Crippen LogP contribution in [-0.4, -0.2) is 25.5 Å². The fourth-order valence-corrected chi connectivity index (χ4v) is 2.32. The lowest BCUT2D eigenvalue weighted by molar-refractivity contribution is -0.128. The zero-order valence-corrected chi connectivity index (χ0v) is 9.87. The molecule has 0 aromatic heterocycles. The van der Waals surface area contributed by atoms with Crippen molar-refractivity contribution >= 4 is 5.78 Å². The summed E-state index contributed by atoms with van der Waals surface area (Å²) in [6.45, 7) is 2.65. The van der Waals surface area contributed by atoms with Crippen molar-refractivity contribution in [1.82, 2.24) is 0 Å². The maximum atomic E-state index is 12.1. The van der Waals surface area contributed by atoms with Gasteiger partial charge in [-0.2, -0.15) is 0 Å². The SMILES string of the molecule is COCCC(C)C(=O)C1CCCCC1N. The van der Waals surface area contributed by atoms with Crippen molar-refractivity contribution in [3.8, 4) is 0 Å².